The van der Waals surface area contributed by atoms with Crippen molar-refractivity contribution in [1.82, 2.24) is 0 Å². The Morgan fingerprint density at radius 3 is 2.54 bits per heavy atom. The number of ether oxygens (including phenoxy) is 1. The van der Waals surface area contributed by atoms with Crippen molar-refractivity contribution >= 4 is 33.5 Å². The van der Waals surface area contributed by atoms with Gasteiger partial charge in [-0.25, -0.2) is 4.79 Å². The summed E-state index contributed by atoms with van der Waals surface area (Å²) < 4.78 is 5.67. The molecule has 6 nitrogen and oxygen atoms in total. The molecular weight excluding hydrogens is 376 g/mol. The molecule has 2 aromatic carbocycles. The molecule has 7 heteroatoms. The Bertz CT molecular complexity index is 812. The van der Waals surface area contributed by atoms with E-state index >= 15 is 0 Å². The molecule has 0 heterocycles. The number of nitrogens with one attached hydrogen (secondary N) is 1. The number of esters is 1. The summed E-state index contributed by atoms with van der Waals surface area (Å²) in [6.07, 6.45) is -1.06. The van der Waals surface area contributed by atoms with E-state index < -0.39 is 18.0 Å². The van der Waals surface area contributed by atoms with Gasteiger partial charge in [0.25, 0.3) is 5.91 Å². The first-order valence-electron chi connectivity index (χ1n) is 6.91. The van der Waals surface area contributed by atoms with Crippen LogP contribution in [0.4, 0.5) is 5.69 Å². The van der Waals surface area contributed by atoms with Crippen LogP contribution in [0.15, 0.2) is 46.9 Å². The third-order valence-electron chi connectivity index (χ3n) is 3.11. The molecule has 2 aromatic rings. The lowest BCUT2D eigenvalue weighted by Crippen LogP contribution is -2.30. The summed E-state index contributed by atoms with van der Waals surface area (Å²) >= 11 is 3.19. The van der Waals surface area contributed by atoms with Gasteiger partial charge in [0.1, 0.15) is 11.3 Å². The predicted molar refractivity (Wildman–Crippen MR) is 90.5 cm³/mol. The maximum atomic E-state index is 12.1. The van der Waals surface area contributed by atoms with Crippen LogP contribution in [-0.4, -0.2) is 23.1 Å². The van der Waals surface area contributed by atoms with E-state index in [9.17, 15) is 14.7 Å². The number of rotatable bonds is 4. The first-order chi connectivity index (χ1) is 11.4. The maximum Gasteiger partial charge on any atom is 0.342 e. The number of amides is 1. The first-order valence-corrected chi connectivity index (χ1v) is 7.70. The molecule has 0 fully saturated rings. The van der Waals surface area contributed by atoms with Crippen molar-refractivity contribution in [3.8, 4) is 11.8 Å². The molecule has 0 aliphatic rings. The van der Waals surface area contributed by atoms with E-state index in [1.54, 1.807) is 30.3 Å². The van der Waals surface area contributed by atoms with Gasteiger partial charge in [-0.1, -0.05) is 15.9 Å². The fraction of sp³-hybridized carbons (Fsp3) is 0.118. The van der Waals surface area contributed by atoms with E-state index in [-0.39, 0.29) is 11.3 Å². The van der Waals surface area contributed by atoms with E-state index in [1.807, 2.05) is 6.07 Å². The van der Waals surface area contributed by atoms with Crippen LogP contribution in [0.5, 0.6) is 5.75 Å². The molecule has 1 amide bonds. The van der Waals surface area contributed by atoms with Crippen LogP contribution >= 0.6 is 15.9 Å². The number of nitrogens with zero attached hydrogens (tertiary/aromatic N) is 1. The highest BCUT2D eigenvalue weighted by atomic mass is 79.9. The molecule has 0 saturated heterocycles. The van der Waals surface area contributed by atoms with Crippen molar-refractivity contribution in [1.29, 1.82) is 5.26 Å². The number of phenols is 1. The van der Waals surface area contributed by atoms with Crippen LogP contribution in [0.3, 0.4) is 0 Å². The maximum absolute atomic E-state index is 12.1. The molecule has 1 atom stereocenters. The Hall–Kier alpha value is -2.85. The quantitative estimate of drug-likeness (QED) is 0.783. The minimum atomic E-state index is -1.06. The van der Waals surface area contributed by atoms with Crippen LogP contribution in [0.2, 0.25) is 0 Å². The summed E-state index contributed by atoms with van der Waals surface area (Å²) in [6.45, 7) is 1.42. The zero-order valence-electron chi connectivity index (χ0n) is 12.6. The van der Waals surface area contributed by atoms with E-state index in [4.69, 9.17) is 10.00 Å². The van der Waals surface area contributed by atoms with Crippen molar-refractivity contribution in [2.24, 2.45) is 0 Å². The molecule has 0 aliphatic carbocycles. The minimum absolute atomic E-state index is 0.0394. The molecule has 0 aromatic heterocycles. The number of hydrogen-bond acceptors (Lipinski definition) is 5. The average molecular weight is 389 g/mol. The molecule has 122 valence electrons. The summed E-state index contributed by atoms with van der Waals surface area (Å²) in [5.74, 6) is -1.57. The number of halogens is 1. The number of nitriles is 1. The van der Waals surface area contributed by atoms with E-state index in [1.165, 1.54) is 19.1 Å². The summed E-state index contributed by atoms with van der Waals surface area (Å²) in [6, 6.07) is 12.6. The summed E-state index contributed by atoms with van der Waals surface area (Å²) in [5, 5.41) is 21.0. The second kappa shape index (κ2) is 7.62. The van der Waals surface area contributed by atoms with Crippen LogP contribution < -0.4 is 5.32 Å². The van der Waals surface area contributed by atoms with Crippen LogP contribution in [-0.2, 0) is 9.53 Å². The van der Waals surface area contributed by atoms with Crippen molar-refractivity contribution in [3.63, 3.8) is 0 Å². The molecule has 0 radical (unpaired) electrons. The molecule has 0 spiro atoms. The Balaban J connectivity index is 2.01. The zero-order valence-corrected chi connectivity index (χ0v) is 14.2. The Morgan fingerprint density at radius 1 is 1.25 bits per heavy atom. The van der Waals surface area contributed by atoms with Crippen LogP contribution in [0.1, 0.15) is 22.8 Å². The molecule has 0 saturated carbocycles. The van der Waals surface area contributed by atoms with Gasteiger partial charge >= 0.3 is 5.97 Å². The largest absolute Gasteiger partial charge is 0.507 e. The molecule has 0 unspecified atom stereocenters. The number of phenolic OH excluding ortho intramolecular Hbond substituents is 1. The van der Waals surface area contributed by atoms with Gasteiger partial charge in [0.05, 0.1) is 11.6 Å². The first kappa shape index (κ1) is 17.5. The lowest BCUT2D eigenvalue weighted by atomic mass is 10.2. The number of hydrogen-bond donors (Lipinski definition) is 2. The fourth-order valence-electron chi connectivity index (χ4n) is 1.82. The van der Waals surface area contributed by atoms with Gasteiger partial charge in [-0.2, -0.15) is 5.26 Å². The van der Waals surface area contributed by atoms with E-state index in [0.717, 1.165) is 0 Å². The van der Waals surface area contributed by atoms with E-state index in [2.05, 4.69) is 21.2 Å². The molecule has 24 heavy (non-hydrogen) atoms. The molecule has 2 rings (SSSR count). The van der Waals surface area contributed by atoms with Gasteiger partial charge < -0.3 is 15.2 Å². The monoisotopic (exact) mass is 388 g/mol. The topological polar surface area (TPSA) is 99.4 Å². The van der Waals surface area contributed by atoms with Crippen molar-refractivity contribution in [3.05, 3.63) is 58.1 Å². The summed E-state index contributed by atoms with van der Waals surface area (Å²) in [4.78, 5) is 24.1. The third-order valence-corrected chi connectivity index (χ3v) is 3.61. The highest BCUT2D eigenvalue weighted by Gasteiger charge is 2.21. The summed E-state index contributed by atoms with van der Waals surface area (Å²) in [5.41, 5.74) is 0.909. The standard InChI is InChI=1S/C17H13BrN2O4/c1-10(16(22)20-13-5-2-11(9-19)3-6-13)24-17(23)14-8-12(18)4-7-15(14)21/h2-8,10,21H,1H3,(H,20,22)/t10-/m0/s1. The van der Waals surface area contributed by atoms with Crippen molar-refractivity contribution in [2.45, 2.75) is 13.0 Å². The number of benzene rings is 2. The molecule has 0 bridgehead atoms. The fourth-order valence-corrected chi connectivity index (χ4v) is 2.18. The lowest BCUT2D eigenvalue weighted by molar-refractivity contribution is -0.123. The Kier molecular flexibility index (Phi) is 5.55. The molecule has 0 aliphatic heterocycles. The molecular formula is C17H13BrN2O4. The Morgan fingerprint density at radius 2 is 1.92 bits per heavy atom. The van der Waals surface area contributed by atoms with Crippen molar-refractivity contribution in [2.75, 3.05) is 5.32 Å². The van der Waals surface area contributed by atoms with Gasteiger partial charge in [-0.15, -0.1) is 0 Å². The lowest BCUT2D eigenvalue weighted by Gasteiger charge is -2.14. The number of aromatic hydroxyl groups is 1. The van der Waals surface area contributed by atoms with E-state index in [0.29, 0.717) is 15.7 Å². The zero-order chi connectivity index (χ0) is 17.7. The van der Waals surface area contributed by atoms with Gasteiger partial charge in [-0.05, 0) is 49.4 Å². The van der Waals surface area contributed by atoms with Crippen molar-refractivity contribution < 1.29 is 19.4 Å². The highest BCUT2D eigenvalue weighted by Crippen LogP contribution is 2.23. The minimum Gasteiger partial charge on any atom is -0.507 e. The normalized spacial score (nSPS) is 11.2. The second-order valence-electron chi connectivity index (χ2n) is 4.89. The van der Waals surface area contributed by atoms with Gasteiger partial charge in [0, 0.05) is 10.2 Å². The van der Waals surface area contributed by atoms with Gasteiger partial charge in [0.2, 0.25) is 0 Å². The predicted octanol–water partition coefficient (Wildman–Crippen LogP) is 3.21. The second-order valence-corrected chi connectivity index (χ2v) is 5.80. The average Bonchev–Trinajstić information content (AvgIpc) is 2.57. The van der Waals surface area contributed by atoms with Crippen LogP contribution in [0, 0.1) is 11.3 Å². The SMILES string of the molecule is C[C@H](OC(=O)c1cc(Br)ccc1O)C(=O)Nc1ccc(C#N)cc1. The third kappa shape index (κ3) is 4.33. The van der Waals surface area contributed by atoms with Gasteiger partial charge in [0.15, 0.2) is 6.10 Å². The smallest absolute Gasteiger partial charge is 0.342 e. The highest BCUT2D eigenvalue weighted by molar-refractivity contribution is 9.10. The number of carbonyl (C=O) groups excluding carboxylic acids is 2. The Labute approximate surface area is 146 Å². The van der Waals surface area contributed by atoms with Crippen LogP contribution in [0.25, 0.3) is 0 Å². The number of anilines is 1. The van der Waals surface area contributed by atoms with Gasteiger partial charge in [-0.3, -0.25) is 4.79 Å². The summed E-state index contributed by atoms with van der Waals surface area (Å²) in [7, 11) is 0. The molecule has 2 N–H and O–H groups in total. The number of carbonyl (C=O) groups is 2.